The molecule has 0 fully saturated rings. The van der Waals surface area contributed by atoms with E-state index in [1.165, 1.54) is 5.56 Å². The lowest BCUT2D eigenvalue weighted by atomic mass is 10.0. The second-order valence-electron chi connectivity index (χ2n) is 5.60. The lowest BCUT2D eigenvalue weighted by Gasteiger charge is -2.25. The smallest absolute Gasteiger partial charge is 0.0820 e. The second kappa shape index (κ2) is 7.93. The van der Waals surface area contributed by atoms with Crippen LogP contribution in [0.25, 0.3) is 0 Å². The van der Waals surface area contributed by atoms with E-state index < -0.39 is 6.10 Å². The predicted octanol–water partition coefficient (Wildman–Crippen LogP) is 2.05. The Hall–Kier alpha value is -1.68. The fourth-order valence-electron chi connectivity index (χ4n) is 2.44. The van der Waals surface area contributed by atoms with Crippen LogP contribution in [0.2, 0.25) is 0 Å². The predicted molar refractivity (Wildman–Crippen MR) is 86.9 cm³/mol. The minimum absolute atomic E-state index is 0.245. The molecule has 21 heavy (non-hydrogen) atoms. The Morgan fingerprint density at radius 1 is 0.952 bits per heavy atom. The maximum Gasteiger partial charge on any atom is 0.0820 e. The summed E-state index contributed by atoms with van der Waals surface area (Å²) in [7, 11) is 2.01. The van der Waals surface area contributed by atoms with Gasteiger partial charge in [-0.3, -0.25) is 4.90 Å². The number of rotatable bonds is 7. The van der Waals surface area contributed by atoms with Crippen molar-refractivity contribution >= 4 is 0 Å². The fraction of sp³-hybridized carbons (Fsp3) is 0.333. The van der Waals surface area contributed by atoms with Gasteiger partial charge in [0.25, 0.3) is 0 Å². The first-order valence-electron chi connectivity index (χ1n) is 7.35. The first kappa shape index (κ1) is 15.7. The highest BCUT2D eigenvalue weighted by Crippen LogP contribution is 2.07. The van der Waals surface area contributed by atoms with E-state index in [0.29, 0.717) is 13.0 Å². The van der Waals surface area contributed by atoms with Gasteiger partial charge < -0.3 is 10.8 Å². The van der Waals surface area contributed by atoms with Crippen LogP contribution in [0.15, 0.2) is 60.7 Å². The van der Waals surface area contributed by atoms with E-state index in [0.717, 1.165) is 12.1 Å². The Bertz CT molecular complexity index is 515. The summed E-state index contributed by atoms with van der Waals surface area (Å²) in [5.41, 5.74) is 8.52. The van der Waals surface area contributed by atoms with E-state index in [4.69, 9.17) is 5.73 Å². The minimum Gasteiger partial charge on any atom is -0.390 e. The molecule has 0 radical (unpaired) electrons. The van der Waals surface area contributed by atoms with Crippen molar-refractivity contribution in [3.05, 3.63) is 71.8 Å². The van der Waals surface area contributed by atoms with E-state index in [2.05, 4.69) is 17.0 Å². The number of hydrogen-bond acceptors (Lipinski definition) is 3. The molecule has 0 bridgehead atoms. The van der Waals surface area contributed by atoms with Gasteiger partial charge in [-0.15, -0.1) is 0 Å². The van der Waals surface area contributed by atoms with Crippen LogP contribution in [0.3, 0.4) is 0 Å². The summed E-state index contributed by atoms with van der Waals surface area (Å²) in [6, 6.07) is 20.1. The van der Waals surface area contributed by atoms with Crippen LogP contribution in [-0.2, 0) is 13.0 Å². The molecule has 2 rings (SSSR count). The lowest BCUT2D eigenvalue weighted by molar-refractivity contribution is 0.0992. The third-order valence-corrected chi connectivity index (χ3v) is 3.60. The highest BCUT2D eigenvalue weighted by molar-refractivity contribution is 5.16. The van der Waals surface area contributed by atoms with E-state index in [9.17, 15) is 5.11 Å². The number of hydrogen-bond donors (Lipinski definition) is 2. The third kappa shape index (κ3) is 5.31. The van der Waals surface area contributed by atoms with E-state index >= 15 is 0 Å². The van der Waals surface area contributed by atoms with Crippen LogP contribution in [0.4, 0.5) is 0 Å². The zero-order valence-corrected chi connectivity index (χ0v) is 12.5. The molecule has 0 saturated heterocycles. The Morgan fingerprint density at radius 3 is 2.05 bits per heavy atom. The summed E-state index contributed by atoms with van der Waals surface area (Å²) in [5.74, 6) is 0. The van der Waals surface area contributed by atoms with Gasteiger partial charge in [-0.2, -0.15) is 0 Å². The average Bonchev–Trinajstić information content (AvgIpc) is 2.49. The molecular weight excluding hydrogens is 260 g/mol. The zero-order valence-electron chi connectivity index (χ0n) is 12.5. The van der Waals surface area contributed by atoms with Crippen LogP contribution in [-0.4, -0.2) is 35.7 Å². The van der Waals surface area contributed by atoms with Crippen LogP contribution < -0.4 is 5.73 Å². The molecule has 3 heteroatoms. The van der Waals surface area contributed by atoms with Gasteiger partial charge in [0.15, 0.2) is 0 Å². The zero-order chi connectivity index (χ0) is 15.1. The molecule has 0 spiro atoms. The van der Waals surface area contributed by atoms with Crippen LogP contribution in [0, 0.1) is 0 Å². The first-order valence-corrected chi connectivity index (χ1v) is 7.35. The summed E-state index contributed by atoms with van der Waals surface area (Å²) in [5, 5.41) is 10.3. The van der Waals surface area contributed by atoms with E-state index in [-0.39, 0.29) is 6.04 Å². The Kier molecular flexibility index (Phi) is 5.93. The standard InChI is InChI=1S/C18H24N2O/c1-20(13-16-10-6-3-7-11-16)14-18(21)17(19)12-15-8-4-2-5-9-15/h2-11,17-18,21H,12-14,19H2,1H3. The normalized spacial score (nSPS) is 14.1. The van der Waals surface area contributed by atoms with Gasteiger partial charge in [-0.1, -0.05) is 60.7 Å². The van der Waals surface area contributed by atoms with Gasteiger partial charge >= 0.3 is 0 Å². The van der Waals surface area contributed by atoms with Crippen molar-refractivity contribution in [1.82, 2.24) is 4.90 Å². The number of likely N-dealkylation sites (N-methyl/N-ethyl adjacent to an activating group) is 1. The Balaban J connectivity index is 1.81. The largest absolute Gasteiger partial charge is 0.390 e. The Labute approximate surface area is 127 Å². The average molecular weight is 284 g/mol. The summed E-state index contributed by atoms with van der Waals surface area (Å²) in [6.45, 7) is 1.39. The van der Waals surface area contributed by atoms with Crippen molar-refractivity contribution in [2.24, 2.45) is 5.73 Å². The molecular formula is C18H24N2O. The van der Waals surface area contributed by atoms with Crippen molar-refractivity contribution < 1.29 is 5.11 Å². The molecule has 0 saturated carbocycles. The Morgan fingerprint density at radius 2 is 1.48 bits per heavy atom. The van der Waals surface area contributed by atoms with Gasteiger partial charge in [0, 0.05) is 19.1 Å². The van der Waals surface area contributed by atoms with Gasteiger partial charge in [-0.25, -0.2) is 0 Å². The number of benzene rings is 2. The molecule has 0 aromatic heterocycles. The van der Waals surface area contributed by atoms with Crippen LogP contribution >= 0.6 is 0 Å². The first-order chi connectivity index (χ1) is 10.1. The maximum atomic E-state index is 10.3. The third-order valence-electron chi connectivity index (χ3n) is 3.60. The van der Waals surface area contributed by atoms with Gasteiger partial charge in [0.05, 0.1) is 6.10 Å². The minimum atomic E-state index is -0.529. The molecule has 0 aliphatic carbocycles. The molecule has 0 aliphatic heterocycles. The van der Waals surface area contributed by atoms with Crippen molar-refractivity contribution in [2.75, 3.05) is 13.6 Å². The van der Waals surface area contributed by atoms with Crippen molar-refractivity contribution in [1.29, 1.82) is 0 Å². The molecule has 0 aliphatic rings. The maximum absolute atomic E-state index is 10.3. The number of aliphatic hydroxyl groups is 1. The molecule has 0 heterocycles. The topological polar surface area (TPSA) is 49.5 Å². The highest BCUT2D eigenvalue weighted by Gasteiger charge is 2.17. The quantitative estimate of drug-likeness (QED) is 0.818. The van der Waals surface area contributed by atoms with Gasteiger partial charge in [0.1, 0.15) is 0 Å². The van der Waals surface area contributed by atoms with Crippen LogP contribution in [0.1, 0.15) is 11.1 Å². The van der Waals surface area contributed by atoms with Crippen molar-refractivity contribution in [3.8, 4) is 0 Å². The molecule has 3 N–H and O–H groups in total. The van der Waals surface area contributed by atoms with E-state index in [1.54, 1.807) is 0 Å². The summed E-state index contributed by atoms with van der Waals surface area (Å²) in [6.07, 6.45) is 0.167. The molecule has 2 aromatic rings. The number of aliphatic hydroxyl groups excluding tert-OH is 1. The SMILES string of the molecule is CN(Cc1ccccc1)CC(O)C(N)Cc1ccccc1. The van der Waals surface area contributed by atoms with Crippen LogP contribution in [0.5, 0.6) is 0 Å². The van der Waals surface area contributed by atoms with Gasteiger partial charge in [0.2, 0.25) is 0 Å². The van der Waals surface area contributed by atoms with Crippen molar-refractivity contribution in [2.45, 2.75) is 25.1 Å². The number of nitrogens with zero attached hydrogens (tertiary/aromatic N) is 1. The second-order valence-corrected chi connectivity index (χ2v) is 5.60. The summed E-state index contributed by atoms with van der Waals surface area (Å²) < 4.78 is 0. The van der Waals surface area contributed by atoms with Crippen molar-refractivity contribution in [3.63, 3.8) is 0 Å². The highest BCUT2D eigenvalue weighted by atomic mass is 16.3. The lowest BCUT2D eigenvalue weighted by Crippen LogP contribution is -2.43. The van der Waals surface area contributed by atoms with E-state index in [1.807, 2.05) is 55.6 Å². The fourth-order valence-corrected chi connectivity index (χ4v) is 2.44. The molecule has 112 valence electrons. The summed E-state index contributed by atoms with van der Waals surface area (Å²) >= 11 is 0. The molecule has 2 unspecified atom stereocenters. The molecule has 2 aromatic carbocycles. The molecule has 2 atom stereocenters. The molecule has 3 nitrogen and oxygen atoms in total. The monoisotopic (exact) mass is 284 g/mol. The van der Waals surface area contributed by atoms with Gasteiger partial charge in [-0.05, 0) is 24.6 Å². The molecule has 0 amide bonds. The summed E-state index contributed by atoms with van der Waals surface area (Å²) in [4.78, 5) is 2.10. The number of nitrogens with two attached hydrogens (primary N) is 1.